The smallest absolute Gasteiger partial charge is 0.333 e. The van der Waals surface area contributed by atoms with Crippen molar-refractivity contribution in [2.24, 2.45) is 5.92 Å². The molecule has 1 saturated carbocycles. The van der Waals surface area contributed by atoms with Gasteiger partial charge in [-0.15, -0.1) is 0 Å². The average Bonchev–Trinajstić information content (AvgIpc) is 2.79. The lowest BCUT2D eigenvalue weighted by Gasteiger charge is -2.30. The summed E-state index contributed by atoms with van der Waals surface area (Å²) >= 11 is 0. The van der Waals surface area contributed by atoms with Gasteiger partial charge >= 0.3 is 5.97 Å². The molecule has 0 bridgehead atoms. The third-order valence-electron chi connectivity index (χ3n) is 4.06. The standard InChI is InChI=1S/C18H22O3/c1-13(2)17(20)21-18(3)12-4-5-15(18)9-6-14-7-10-16(19)11-8-14/h6-11,15,19H,1,4-5,12H2,2-3H3. The molecule has 0 saturated heterocycles. The zero-order valence-corrected chi connectivity index (χ0v) is 12.6. The topological polar surface area (TPSA) is 46.5 Å². The summed E-state index contributed by atoms with van der Waals surface area (Å²) < 4.78 is 5.65. The molecule has 0 aromatic heterocycles. The SMILES string of the molecule is C=C(C)C(=O)OC1(C)CCCC1C=Cc1ccc(O)cc1. The maximum absolute atomic E-state index is 11.8. The Bertz CT molecular complexity index is 556. The molecule has 1 aromatic carbocycles. The van der Waals surface area contributed by atoms with Crippen LogP contribution >= 0.6 is 0 Å². The van der Waals surface area contributed by atoms with Crippen LogP contribution in [0.15, 0.2) is 42.5 Å². The molecule has 1 N–H and O–H groups in total. The van der Waals surface area contributed by atoms with Gasteiger partial charge in [0.1, 0.15) is 11.4 Å². The van der Waals surface area contributed by atoms with Crippen molar-refractivity contribution in [3.05, 3.63) is 48.1 Å². The predicted molar refractivity (Wildman–Crippen MR) is 83.8 cm³/mol. The van der Waals surface area contributed by atoms with Crippen LogP contribution in [0.4, 0.5) is 0 Å². The highest BCUT2D eigenvalue weighted by molar-refractivity contribution is 5.87. The summed E-state index contributed by atoms with van der Waals surface area (Å²) in [6.07, 6.45) is 7.04. The van der Waals surface area contributed by atoms with Crippen molar-refractivity contribution in [2.75, 3.05) is 0 Å². The second kappa shape index (κ2) is 6.17. The first-order valence-electron chi connectivity index (χ1n) is 7.27. The highest BCUT2D eigenvalue weighted by atomic mass is 16.6. The molecule has 0 aliphatic heterocycles. The summed E-state index contributed by atoms with van der Waals surface area (Å²) in [6.45, 7) is 7.30. The Morgan fingerprint density at radius 1 is 1.43 bits per heavy atom. The Kier molecular flexibility index (Phi) is 4.51. The summed E-state index contributed by atoms with van der Waals surface area (Å²) in [4.78, 5) is 11.8. The lowest BCUT2D eigenvalue weighted by Crippen LogP contribution is -2.34. The van der Waals surface area contributed by atoms with Gasteiger partial charge in [-0.25, -0.2) is 4.79 Å². The van der Waals surface area contributed by atoms with Gasteiger partial charge in [-0.1, -0.05) is 30.9 Å². The minimum absolute atomic E-state index is 0.203. The Hall–Kier alpha value is -2.03. The van der Waals surface area contributed by atoms with Crippen LogP contribution in [-0.2, 0) is 9.53 Å². The van der Waals surface area contributed by atoms with Gasteiger partial charge in [-0.05, 0) is 50.8 Å². The largest absolute Gasteiger partial charge is 0.508 e. The molecule has 3 heteroatoms. The predicted octanol–water partition coefficient (Wildman–Crippen LogP) is 4.08. The Balaban J connectivity index is 2.09. The quantitative estimate of drug-likeness (QED) is 0.670. The molecule has 2 unspecified atom stereocenters. The van der Waals surface area contributed by atoms with Gasteiger partial charge in [0.25, 0.3) is 0 Å². The van der Waals surface area contributed by atoms with E-state index < -0.39 is 5.60 Å². The number of rotatable bonds is 4. The molecule has 0 spiro atoms. The summed E-state index contributed by atoms with van der Waals surface area (Å²) in [5.41, 5.74) is 1.00. The Morgan fingerprint density at radius 2 is 2.10 bits per heavy atom. The molecule has 1 fully saturated rings. The number of phenols is 1. The van der Waals surface area contributed by atoms with Crippen molar-refractivity contribution >= 4 is 12.0 Å². The van der Waals surface area contributed by atoms with E-state index in [0.717, 1.165) is 24.8 Å². The van der Waals surface area contributed by atoms with Crippen molar-refractivity contribution in [1.82, 2.24) is 0 Å². The summed E-state index contributed by atoms with van der Waals surface area (Å²) in [5, 5.41) is 9.28. The molecular weight excluding hydrogens is 264 g/mol. The van der Waals surface area contributed by atoms with Gasteiger partial charge < -0.3 is 9.84 Å². The van der Waals surface area contributed by atoms with Gasteiger partial charge in [-0.3, -0.25) is 0 Å². The molecule has 0 heterocycles. The van der Waals surface area contributed by atoms with Crippen LogP contribution in [0.5, 0.6) is 5.75 Å². The molecule has 1 aliphatic carbocycles. The summed E-state index contributed by atoms with van der Waals surface area (Å²) in [6, 6.07) is 7.04. The van der Waals surface area contributed by atoms with Crippen LogP contribution in [-0.4, -0.2) is 16.7 Å². The van der Waals surface area contributed by atoms with Gasteiger partial charge in [0, 0.05) is 11.5 Å². The zero-order valence-electron chi connectivity index (χ0n) is 12.6. The van der Waals surface area contributed by atoms with Gasteiger partial charge in [0.2, 0.25) is 0 Å². The molecule has 0 radical (unpaired) electrons. The highest BCUT2D eigenvalue weighted by Gasteiger charge is 2.40. The maximum atomic E-state index is 11.8. The molecule has 0 amide bonds. The van der Waals surface area contributed by atoms with E-state index in [9.17, 15) is 9.90 Å². The molecule has 1 aromatic rings. The van der Waals surface area contributed by atoms with Crippen LogP contribution in [0.2, 0.25) is 0 Å². The minimum Gasteiger partial charge on any atom is -0.508 e. The third kappa shape index (κ3) is 3.75. The van der Waals surface area contributed by atoms with E-state index >= 15 is 0 Å². The maximum Gasteiger partial charge on any atom is 0.333 e. The zero-order chi connectivity index (χ0) is 15.5. The number of hydrogen-bond donors (Lipinski definition) is 1. The lowest BCUT2D eigenvalue weighted by molar-refractivity contribution is -0.155. The Morgan fingerprint density at radius 3 is 2.71 bits per heavy atom. The minimum atomic E-state index is -0.455. The normalized spacial score (nSPS) is 25.1. The number of esters is 1. The van der Waals surface area contributed by atoms with Crippen molar-refractivity contribution in [3.8, 4) is 5.75 Å². The van der Waals surface area contributed by atoms with Crippen LogP contribution in [0.1, 0.15) is 38.7 Å². The van der Waals surface area contributed by atoms with E-state index in [2.05, 4.69) is 12.7 Å². The number of carbonyl (C=O) groups excluding carboxylic acids is 1. The van der Waals surface area contributed by atoms with Crippen LogP contribution in [0, 0.1) is 5.92 Å². The highest BCUT2D eigenvalue weighted by Crippen LogP contribution is 2.40. The second-order valence-corrected chi connectivity index (χ2v) is 5.93. The molecule has 2 atom stereocenters. The van der Waals surface area contributed by atoms with Crippen molar-refractivity contribution < 1.29 is 14.6 Å². The van der Waals surface area contributed by atoms with E-state index in [1.807, 2.05) is 25.1 Å². The van der Waals surface area contributed by atoms with E-state index in [-0.39, 0.29) is 17.6 Å². The van der Waals surface area contributed by atoms with Crippen LogP contribution in [0.25, 0.3) is 6.08 Å². The van der Waals surface area contributed by atoms with Crippen molar-refractivity contribution in [1.29, 1.82) is 0 Å². The fourth-order valence-corrected chi connectivity index (χ4v) is 2.70. The molecule has 1 aliphatic rings. The van der Waals surface area contributed by atoms with Crippen molar-refractivity contribution in [2.45, 2.75) is 38.7 Å². The fraction of sp³-hybridized carbons (Fsp3) is 0.389. The van der Waals surface area contributed by atoms with E-state index in [0.29, 0.717) is 5.57 Å². The number of carbonyl (C=O) groups is 1. The first-order chi connectivity index (χ1) is 9.90. The van der Waals surface area contributed by atoms with E-state index in [1.165, 1.54) is 0 Å². The van der Waals surface area contributed by atoms with E-state index in [1.54, 1.807) is 19.1 Å². The van der Waals surface area contributed by atoms with Crippen LogP contribution in [0.3, 0.4) is 0 Å². The first-order valence-corrected chi connectivity index (χ1v) is 7.27. The fourth-order valence-electron chi connectivity index (χ4n) is 2.70. The molecular formula is C18H22O3. The number of hydrogen-bond acceptors (Lipinski definition) is 3. The monoisotopic (exact) mass is 286 g/mol. The van der Waals surface area contributed by atoms with Crippen LogP contribution < -0.4 is 0 Å². The third-order valence-corrected chi connectivity index (χ3v) is 4.06. The average molecular weight is 286 g/mol. The lowest BCUT2D eigenvalue weighted by atomic mass is 9.91. The molecule has 2 rings (SSSR count). The van der Waals surface area contributed by atoms with Crippen molar-refractivity contribution in [3.63, 3.8) is 0 Å². The second-order valence-electron chi connectivity index (χ2n) is 5.93. The van der Waals surface area contributed by atoms with Gasteiger partial charge in [0.15, 0.2) is 0 Å². The van der Waals surface area contributed by atoms with Gasteiger partial charge in [0.05, 0.1) is 0 Å². The molecule has 3 nitrogen and oxygen atoms in total. The number of benzene rings is 1. The van der Waals surface area contributed by atoms with Gasteiger partial charge in [-0.2, -0.15) is 0 Å². The van der Waals surface area contributed by atoms with E-state index in [4.69, 9.17) is 4.74 Å². The number of aromatic hydroxyl groups is 1. The number of ether oxygens (including phenoxy) is 1. The molecule has 112 valence electrons. The molecule has 21 heavy (non-hydrogen) atoms. The number of phenolic OH excluding ortho intramolecular Hbond substituents is 1. The first kappa shape index (κ1) is 15.4. The summed E-state index contributed by atoms with van der Waals surface area (Å²) in [5.74, 6) is 0.144. The summed E-state index contributed by atoms with van der Waals surface area (Å²) in [7, 11) is 0. The Labute approximate surface area is 125 Å².